The minimum Gasteiger partial charge on any atom is -0.496 e. The molecule has 3 aromatic rings. The maximum absolute atomic E-state index is 6.06. The van der Waals surface area contributed by atoms with Crippen molar-refractivity contribution in [3.05, 3.63) is 93.5 Å². The molecule has 0 spiro atoms. The zero-order valence-electron chi connectivity index (χ0n) is 15.4. The summed E-state index contributed by atoms with van der Waals surface area (Å²) in [7, 11) is 1.66. The predicted octanol–water partition coefficient (Wildman–Crippen LogP) is 5.70. The number of hydrazone groups is 1. The van der Waals surface area contributed by atoms with Crippen molar-refractivity contribution in [1.82, 2.24) is 5.43 Å². The highest BCUT2D eigenvalue weighted by Gasteiger charge is 2.04. The van der Waals surface area contributed by atoms with E-state index in [1.807, 2.05) is 54.6 Å². The fourth-order valence-electron chi connectivity index (χ4n) is 2.60. The summed E-state index contributed by atoms with van der Waals surface area (Å²) >= 11 is 12.0. The molecule has 3 aromatic carbocycles. The molecule has 0 fully saturated rings. The number of benzene rings is 3. The molecule has 0 aliphatic rings. The Kier molecular flexibility index (Phi) is 7.18. The second-order valence-electron chi connectivity index (χ2n) is 5.98. The van der Waals surface area contributed by atoms with Crippen LogP contribution in [0.3, 0.4) is 0 Å². The van der Waals surface area contributed by atoms with E-state index in [0.717, 1.165) is 28.2 Å². The van der Waals surface area contributed by atoms with Crippen LogP contribution in [0.15, 0.2) is 71.8 Å². The molecule has 4 nitrogen and oxygen atoms in total. The first-order valence-electron chi connectivity index (χ1n) is 8.71. The minimum atomic E-state index is 0.385. The van der Waals surface area contributed by atoms with Gasteiger partial charge in [0, 0.05) is 11.1 Å². The van der Waals surface area contributed by atoms with Gasteiger partial charge in [-0.1, -0.05) is 59.6 Å². The second kappa shape index (κ2) is 10.0. The van der Waals surface area contributed by atoms with E-state index >= 15 is 0 Å². The van der Waals surface area contributed by atoms with Gasteiger partial charge in [-0.2, -0.15) is 5.10 Å². The zero-order valence-corrected chi connectivity index (χ0v) is 16.9. The van der Waals surface area contributed by atoms with Crippen LogP contribution in [-0.2, 0) is 13.2 Å². The van der Waals surface area contributed by atoms with E-state index in [-0.39, 0.29) is 0 Å². The highest BCUT2D eigenvalue weighted by molar-refractivity contribution is 6.42. The van der Waals surface area contributed by atoms with Gasteiger partial charge in [0.05, 0.1) is 29.9 Å². The van der Waals surface area contributed by atoms with E-state index in [0.29, 0.717) is 23.2 Å². The molecule has 3 rings (SSSR count). The summed E-state index contributed by atoms with van der Waals surface area (Å²) in [6, 6.07) is 21.0. The number of nitrogens with one attached hydrogen (secondary N) is 1. The van der Waals surface area contributed by atoms with Gasteiger partial charge >= 0.3 is 0 Å². The Labute approximate surface area is 174 Å². The van der Waals surface area contributed by atoms with Crippen molar-refractivity contribution in [2.75, 3.05) is 7.11 Å². The van der Waals surface area contributed by atoms with Crippen molar-refractivity contribution >= 4 is 29.4 Å². The molecule has 0 saturated heterocycles. The van der Waals surface area contributed by atoms with Crippen LogP contribution in [0.2, 0.25) is 10.0 Å². The van der Waals surface area contributed by atoms with Crippen molar-refractivity contribution < 1.29 is 9.47 Å². The number of hydrogen-bond acceptors (Lipinski definition) is 4. The van der Waals surface area contributed by atoms with Crippen LogP contribution in [0, 0.1) is 0 Å². The molecular weight excluding hydrogens is 395 g/mol. The topological polar surface area (TPSA) is 42.8 Å². The molecule has 0 bridgehead atoms. The Balaban J connectivity index is 1.61. The lowest BCUT2D eigenvalue weighted by Crippen LogP contribution is -2.07. The van der Waals surface area contributed by atoms with Crippen LogP contribution in [0.5, 0.6) is 11.5 Å². The third-order valence-electron chi connectivity index (χ3n) is 4.05. The fraction of sp³-hybridized carbons (Fsp3) is 0.136. The second-order valence-corrected chi connectivity index (χ2v) is 6.79. The monoisotopic (exact) mass is 414 g/mol. The lowest BCUT2D eigenvalue weighted by atomic mass is 10.2. The standard InChI is InChI=1S/C22H20Cl2N2O2/c1-27-21-8-4-2-6-17(21)13-25-26-14-18-7-3-5-9-22(18)28-15-16-10-11-19(23)20(24)12-16/h2-12,14,25H,13,15H2,1H3/b26-14-. The maximum Gasteiger partial charge on any atom is 0.128 e. The zero-order chi connectivity index (χ0) is 19.8. The van der Waals surface area contributed by atoms with Gasteiger partial charge in [0.1, 0.15) is 18.1 Å². The summed E-state index contributed by atoms with van der Waals surface area (Å²) in [5.74, 6) is 1.56. The smallest absolute Gasteiger partial charge is 0.128 e. The molecule has 0 radical (unpaired) electrons. The van der Waals surface area contributed by atoms with Crippen LogP contribution in [0.25, 0.3) is 0 Å². The molecular formula is C22H20Cl2N2O2. The SMILES string of the molecule is COc1ccccc1CN/N=C\c1ccccc1OCc1ccc(Cl)c(Cl)c1. The predicted molar refractivity (Wildman–Crippen MR) is 115 cm³/mol. The van der Waals surface area contributed by atoms with Crippen LogP contribution in [0.4, 0.5) is 0 Å². The number of rotatable bonds is 8. The van der Waals surface area contributed by atoms with Gasteiger partial charge in [0.25, 0.3) is 0 Å². The number of para-hydroxylation sites is 2. The third kappa shape index (κ3) is 5.41. The fourth-order valence-corrected chi connectivity index (χ4v) is 2.92. The van der Waals surface area contributed by atoms with E-state index in [9.17, 15) is 0 Å². The lowest BCUT2D eigenvalue weighted by Gasteiger charge is -2.10. The Morgan fingerprint density at radius 1 is 0.929 bits per heavy atom. The molecule has 0 saturated carbocycles. The molecule has 144 valence electrons. The number of hydrogen-bond donors (Lipinski definition) is 1. The van der Waals surface area contributed by atoms with Gasteiger partial charge in [0.2, 0.25) is 0 Å². The molecule has 1 N–H and O–H groups in total. The molecule has 0 aliphatic carbocycles. The summed E-state index contributed by atoms with van der Waals surface area (Å²) in [5, 5.41) is 5.34. The van der Waals surface area contributed by atoms with E-state index in [1.165, 1.54) is 0 Å². The Hall–Kier alpha value is -2.69. The van der Waals surface area contributed by atoms with Gasteiger partial charge in [-0.15, -0.1) is 0 Å². The maximum atomic E-state index is 6.06. The number of ether oxygens (including phenoxy) is 2. The Bertz CT molecular complexity index is 961. The molecule has 0 aromatic heterocycles. The van der Waals surface area contributed by atoms with Gasteiger partial charge < -0.3 is 14.9 Å². The largest absolute Gasteiger partial charge is 0.496 e. The molecule has 0 unspecified atom stereocenters. The number of methoxy groups -OCH3 is 1. The van der Waals surface area contributed by atoms with Crippen LogP contribution in [0.1, 0.15) is 16.7 Å². The van der Waals surface area contributed by atoms with E-state index in [2.05, 4.69) is 10.5 Å². The van der Waals surface area contributed by atoms with Gasteiger partial charge in [-0.05, 0) is 35.9 Å². The molecule has 0 amide bonds. The first-order chi connectivity index (χ1) is 13.7. The van der Waals surface area contributed by atoms with Gasteiger partial charge in [-0.3, -0.25) is 0 Å². The average Bonchev–Trinajstić information content (AvgIpc) is 2.73. The quantitative estimate of drug-likeness (QED) is 0.379. The van der Waals surface area contributed by atoms with E-state index in [1.54, 1.807) is 25.5 Å². The highest BCUT2D eigenvalue weighted by atomic mass is 35.5. The number of nitrogens with zero attached hydrogens (tertiary/aromatic N) is 1. The molecule has 0 aliphatic heterocycles. The van der Waals surface area contributed by atoms with Crippen molar-refractivity contribution in [2.24, 2.45) is 5.10 Å². The average molecular weight is 415 g/mol. The summed E-state index contributed by atoms with van der Waals surface area (Å²) in [6.45, 7) is 0.948. The normalized spacial score (nSPS) is 10.8. The van der Waals surface area contributed by atoms with Gasteiger partial charge in [0.15, 0.2) is 0 Å². The third-order valence-corrected chi connectivity index (χ3v) is 4.79. The summed E-state index contributed by atoms with van der Waals surface area (Å²) in [4.78, 5) is 0. The van der Waals surface area contributed by atoms with Crippen LogP contribution in [-0.4, -0.2) is 13.3 Å². The van der Waals surface area contributed by atoms with Crippen molar-refractivity contribution in [3.63, 3.8) is 0 Å². The van der Waals surface area contributed by atoms with Crippen molar-refractivity contribution in [2.45, 2.75) is 13.2 Å². The summed E-state index contributed by atoms with van der Waals surface area (Å²) in [6.07, 6.45) is 1.74. The Morgan fingerprint density at radius 2 is 1.68 bits per heavy atom. The molecule has 0 atom stereocenters. The van der Waals surface area contributed by atoms with Crippen molar-refractivity contribution in [3.8, 4) is 11.5 Å². The molecule has 28 heavy (non-hydrogen) atoms. The molecule has 6 heteroatoms. The van der Waals surface area contributed by atoms with Crippen LogP contribution < -0.4 is 14.9 Å². The number of halogens is 2. The Morgan fingerprint density at radius 3 is 2.46 bits per heavy atom. The molecule has 0 heterocycles. The van der Waals surface area contributed by atoms with Crippen LogP contribution >= 0.6 is 23.2 Å². The van der Waals surface area contributed by atoms with Crippen molar-refractivity contribution in [1.29, 1.82) is 0 Å². The first-order valence-corrected chi connectivity index (χ1v) is 9.46. The van der Waals surface area contributed by atoms with E-state index < -0.39 is 0 Å². The van der Waals surface area contributed by atoms with Gasteiger partial charge in [-0.25, -0.2) is 0 Å². The first kappa shape index (κ1) is 20.1. The lowest BCUT2D eigenvalue weighted by molar-refractivity contribution is 0.306. The minimum absolute atomic E-state index is 0.385. The summed E-state index contributed by atoms with van der Waals surface area (Å²) in [5.41, 5.74) is 5.89. The van der Waals surface area contributed by atoms with E-state index in [4.69, 9.17) is 32.7 Å². The highest BCUT2D eigenvalue weighted by Crippen LogP contribution is 2.24. The summed E-state index contributed by atoms with van der Waals surface area (Å²) < 4.78 is 11.3.